The lowest BCUT2D eigenvalue weighted by atomic mass is 9.85. The third kappa shape index (κ3) is 5.96. The van der Waals surface area contributed by atoms with Crippen molar-refractivity contribution in [1.29, 1.82) is 0 Å². The van der Waals surface area contributed by atoms with E-state index in [0.717, 1.165) is 40.5 Å². The summed E-state index contributed by atoms with van der Waals surface area (Å²) in [7, 11) is -3.68. The number of sulfonamides is 1. The molecule has 0 amide bonds. The predicted octanol–water partition coefficient (Wildman–Crippen LogP) is 5.39. The van der Waals surface area contributed by atoms with E-state index in [2.05, 4.69) is 17.0 Å². The van der Waals surface area contributed by atoms with Gasteiger partial charge in [-0.25, -0.2) is 18.1 Å². The van der Waals surface area contributed by atoms with E-state index in [1.54, 1.807) is 17.4 Å². The first-order chi connectivity index (χ1) is 15.7. The maximum absolute atomic E-state index is 13.2. The first-order valence-electron chi connectivity index (χ1n) is 12.3. The fourth-order valence-electron chi connectivity index (χ4n) is 5.26. The van der Waals surface area contributed by atoms with Gasteiger partial charge < -0.3 is 10.4 Å². The monoisotopic (exact) mass is 491 g/mol. The first-order valence-corrected chi connectivity index (χ1v) is 14.6. The molecule has 0 aliphatic heterocycles. The molecule has 3 atom stereocenters. The van der Waals surface area contributed by atoms with E-state index in [-0.39, 0.29) is 6.04 Å². The largest absolute Gasteiger partial charge is 0.393 e. The maximum Gasteiger partial charge on any atom is 0.241 e. The van der Waals surface area contributed by atoms with Gasteiger partial charge in [-0.05, 0) is 82.4 Å². The van der Waals surface area contributed by atoms with Gasteiger partial charge >= 0.3 is 0 Å². The number of aliphatic hydroxyl groups is 1. The molecule has 6 nitrogen and oxygen atoms in total. The molecular weight excluding hydrogens is 454 g/mol. The minimum atomic E-state index is -3.68. The van der Waals surface area contributed by atoms with E-state index < -0.39 is 16.1 Å². The Hall–Kier alpha value is -1.48. The Balaban J connectivity index is 1.53. The molecule has 0 saturated heterocycles. The number of thiazole rings is 1. The van der Waals surface area contributed by atoms with E-state index >= 15 is 0 Å². The van der Waals surface area contributed by atoms with Crippen molar-refractivity contribution in [1.82, 2.24) is 9.71 Å². The van der Waals surface area contributed by atoms with E-state index in [1.165, 1.54) is 32.1 Å². The summed E-state index contributed by atoms with van der Waals surface area (Å²) in [5, 5.41) is 14.4. The number of rotatable bonds is 7. The SMILES string of the molecule is Cc1ccc(-c2sc(N[C@H](C)C3CCCCC3)nc2C)cc1S(=O)(=O)NC1CCCC(O)C1. The van der Waals surface area contributed by atoms with Crippen LogP contribution >= 0.6 is 11.3 Å². The van der Waals surface area contributed by atoms with Crippen LogP contribution in [0.3, 0.4) is 0 Å². The van der Waals surface area contributed by atoms with Crippen LogP contribution in [-0.4, -0.2) is 36.7 Å². The van der Waals surface area contributed by atoms with Gasteiger partial charge in [0.05, 0.1) is 21.6 Å². The molecule has 1 heterocycles. The van der Waals surface area contributed by atoms with E-state index in [1.807, 2.05) is 26.0 Å². The van der Waals surface area contributed by atoms with Crippen LogP contribution in [0.25, 0.3) is 10.4 Å². The number of hydrogen-bond donors (Lipinski definition) is 3. The molecule has 4 rings (SSSR count). The first kappa shape index (κ1) is 24.6. The van der Waals surface area contributed by atoms with Gasteiger partial charge in [-0.1, -0.05) is 42.7 Å². The zero-order valence-corrected chi connectivity index (χ0v) is 21.6. The van der Waals surface area contributed by atoms with Crippen molar-refractivity contribution in [3.8, 4) is 10.4 Å². The van der Waals surface area contributed by atoms with Gasteiger partial charge in [-0.15, -0.1) is 0 Å². The van der Waals surface area contributed by atoms with E-state index in [9.17, 15) is 13.5 Å². The Morgan fingerprint density at radius 3 is 2.58 bits per heavy atom. The zero-order chi connectivity index (χ0) is 23.6. The van der Waals surface area contributed by atoms with Crippen LogP contribution in [0.2, 0.25) is 0 Å². The molecule has 182 valence electrons. The zero-order valence-electron chi connectivity index (χ0n) is 19.9. The van der Waals surface area contributed by atoms with Crippen LogP contribution in [-0.2, 0) is 10.0 Å². The highest BCUT2D eigenvalue weighted by molar-refractivity contribution is 7.89. The molecule has 0 bridgehead atoms. The Morgan fingerprint density at radius 1 is 1.09 bits per heavy atom. The summed E-state index contributed by atoms with van der Waals surface area (Å²) < 4.78 is 29.2. The number of nitrogens with one attached hydrogen (secondary N) is 2. The fraction of sp³-hybridized carbons (Fsp3) is 0.640. The number of anilines is 1. The normalized spacial score (nSPS) is 23.4. The lowest BCUT2D eigenvalue weighted by Gasteiger charge is -2.28. The molecule has 2 fully saturated rings. The van der Waals surface area contributed by atoms with Gasteiger partial charge in [-0.3, -0.25) is 0 Å². The summed E-state index contributed by atoms with van der Waals surface area (Å²) in [6, 6.07) is 5.78. The van der Waals surface area contributed by atoms with Crippen molar-refractivity contribution in [2.24, 2.45) is 5.92 Å². The molecule has 2 saturated carbocycles. The number of nitrogens with zero attached hydrogens (tertiary/aromatic N) is 1. The molecule has 1 aromatic heterocycles. The van der Waals surface area contributed by atoms with Gasteiger partial charge in [0, 0.05) is 12.1 Å². The Morgan fingerprint density at radius 2 is 1.85 bits per heavy atom. The van der Waals surface area contributed by atoms with Crippen molar-refractivity contribution >= 4 is 26.5 Å². The lowest BCUT2D eigenvalue weighted by molar-refractivity contribution is 0.117. The average molecular weight is 492 g/mol. The molecule has 2 aliphatic carbocycles. The second kappa shape index (κ2) is 10.4. The van der Waals surface area contributed by atoms with Crippen molar-refractivity contribution in [3.05, 3.63) is 29.5 Å². The van der Waals surface area contributed by atoms with Crippen molar-refractivity contribution in [3.63, 3.8) is 0 Å². The summed E-state index contributed by atoms with van der Waals surface area (Å²) in [5.74, 6) is 0.687. The predicted molar refractivity (Wildman–Crippen MR) is 135 cm³/mol. The molecular formula is C25H37N3O3S2. The molecule has 33 heavy (non-hydrogen) atoms. The summed E-state index contributed by atoms with van der Waals surface area (Å²) >= 11 is 1.60. The molecule has 1 aromatic carbocycles. The minimum absolute atomic E-state index is 0.218. The molecule has 3 N–H and O–H groups in total. The summed E-state index contributed by atoms with van der Waals surface area (Å²) in [6.07, 6.45) is 8.90. The Bertz CT molecular complexity index is 1060. The van der Waals surface area contributed by atoms with Gasteiger partial charge in [-0.2, -0.15) is 0 Å². The average Bonchev–Trinajstić information content (AvgIpc) is 3.14. The standard InChI is InChI=1S/C25H37N3O3S2/c1-16-12-13-20(14-23(16)33(30,31)28-21-10-7-11-22(29)15-21)24-18(3)27-25(32-24)26-17(2)19-8-5-4-6-9-19/h12-14,17,19,21-22,28-29H,4-11,15H2,1-3H3,(H,26,27)/t17-,21?,22?/m1/s1. The smallest absolute Gasteiger partial charge is 0.241 e. The molecule has 8 heteroatoms. The summed E-state index contributed by atoms with van der Waals surface area (Å²) in [4.78, 5) is 6.05. The number of benzene rings is 1. The van der Waals surface area contributed by atoms with E-state index in [0.29, 0.717) is 28.8 Å². The minimum Gasteiger partial charge on any atom is -0.393 e. The molecule has 2 aliphatic rings. The summed E-state index contributed by atoms with van der Waals surface area (Å²) in [5.41, 5.74) is 2.50. The highest BCUT2D eigenvalue weighted by Crippen LogP contribution is 2.36. The highest BCUT2D eigenvalue weighted by Gasteiger charge is 2.27. The lowest BCUT2D eigenvalue weighted by Crippen LogP contribution is -2.39. The summed E-state index contributed by atoms with van der Waals surface area (Å²) in [6.45, 7) is 6.06. The number of aryl methyl sites for hydroxylation is 2. The number of hydrogen-bond acceptors (Lipinski definition) is 6. The van der Waals surface area contributed by atoms with Crippen molar-refractivity contribution < 1.29 is 13.5 Å². The maximum atomic E-state index is 13.2. The Labute approximate surface area is 202 Å². The fourth-order valence-corrected chi connectivity index (χ4v) is 7.87. The van der Waals surface area contributed by atoms with Gasteiger partial charge in [0.2, 0.25) is 10.0 Å². The molecule has 0 radical (unpaired) electrons. The highest BCUT2D eigenvalue weighted by atomic mass is 32.2. The second-order valence-corrected chi connectivity index (χ2v) is 12.6. The van der Waals surface area contributed by atoms with Crippen molar-refractivity contribution in [2.45, 2.75) is 102 Å². The van der Waals surface area contributed by atoms with Crippen LogP contribution in [0.4, 0.5) is 5.13 Å². The van der Waals surface area contributed by atoms with Crippen LogP contribution in [0, 0.1) is 19.8 Å². The second-order valence-electron chi connectivity index (χ2n) is 9.88. The third-order valence-corrected chi connectivity index (χ3v) is 10.0. The molecule has 2 unspecified atom stereocenters. The third-order valence-electron chi connectivity index (χ3n) is 7.21. The number of aromatic nitrogens is 1. The van der Waals surface area contributed by atoms with Crippen LogP contribution < -0.4 is 10.0 Å². The van der Waals surface area contributed by atoms with Crippen LogP contribution in [0.1, 0.15) is 76.0 Å². The van der Waals surface area contributed by atoms with Gasteiger partial charge in [0.15, 0.2) is 5.13 Å². The van der Waals surface area contributed by atoms with Crippen molar-refractivity contribution in [2.75, 3.05) is 5.32 Å². The Kier molecular flexibility index (Phi) is 7.78. The molecule has 2 aromatic rings. The topological polar surface area (TPSA) is 91.3 Å². The van der Waals surface area contributed by atoms with E-state index in [4.69, 9.17) is 4.98 Å². The van der Waals surface area contributed by atoms with Crippen LogP contribution in [0.15, 0.2) is 23.1 Å². The molecule has 0 spiro atoms. The quantitative estimate of drug-likeness (QED) is 0.483. The van der Waals surface area contributed by atoms with Crippen LogP contribution in [0.5, 0.6) is 0 Å². The van der Waals surface area contributed by atoms with Gasteiger partial charge in [0.25, 0.3) is 0 Å². The number of aliphatic hydroxyl groups excluding tert-OH is 1. The van der Waals surface area contributed by atoms with Gasteiger partial charge in [0.1, 0.15) is 0 Å².